The Morgan fingerprint density at radius 2 is 2.00 bits per heavy atom. The van der Waals surface area contributed by atoms with Gasteiger partial charge in [0.1, 0.15) is 5.75 Å². The van der Waals surface area contributed by atoms with Crippen LogP contribution in [0.25, 0.3) is 0 Å². The quantitative estimate of drug-likeness (QED) is 0.697. The summed E-state index contributed by atoms with van der Waals surface area (Å²) in [6.45, 7) is 3.42. The molecule has 8 heteroatoms. The summed E-state index contributed by atoms with van der Waals surface area (Å²) in [5, 5.41) is 6.64. The third-order valence-electron chi connectivity index (χ3n) is 4.41. The van der Waals surface area contributed by atoms with E-state index in [4.69, 9.17) is 16.3 Å². The third-order valence-corrected chi connectivity index (χ3v) is 4.65. The van der Waals surface area contributed by atoms with Crippen LogP contribution in [-0.2, 0) is 16.1 Å². The number of halogens is 2. The monoisotopic (exact) mass is 437 g/mol. The van der Waals surface area contributed by atoms with E-state index >= 15 is 0 Å². The highest BCUT2D eigenvalue weighted by Gasteiger charge is 2.33. The highest BCUT2D eigenvalue weighted by molar-refractivity contribution is 6.30. The zero-order valence-corrected chi connectivity index (χ0v) is 17.8. The Morgan fingerprint density at radius 1 is 1.21 bits per heavy atom. The molecule has 156 valence electrons. The Morgan fingerprint density at radius 3 is 2.76 bits per heavy atom. The van der Waals surface area contributed by atoms with Crippen LogP contribution in [0.3, 0.4) is 0 Å². The Labute approximate surface area is 182 Å². The van der Waals surface area contributed by atoms with Crippen LogP contribution in [0.2, 0.25) is 5.02 Å². The number of amides is 2. The molecule has 0 aliphatic carbocycles. The Hall–Kier alpha value is -2.28. The third kappa shape index (κ3) is 6.10. The SMILES string of the molecule is CCCNC(=O)C1CN(C(=O)CNCc2cccc(Cl)c2)c2ccccc2O1.Cl. The molecule has 0 fully saturated rings. The van der Waals surface area contributed by atoms with Crippen molar-refractivity contribution in [3.63, 3.8) is 0 Å². The van der Waals surface area contributed by atoms with E-state index in [1.54, 1.807) is 11.0 Å². The van der Waals surface area contributed by atoms with Crippen molar-refractivity contribution in [1.29, 1.82) is 0 Å². The lowest BCUT2D eigenvalue weighted by molar-refractivity contribution is -0.128. The summed E-state index contributed by atoms with van der Waals surface area (Å²) in [7, 11) is 0. The Kier molecular flexibility index (Phi) is 8.76. The van der Waals surface area contributed by atoms with Crippen LogP contribution in [0.5, 0.6) is 5.75 Å². The summed E-state index contributed by atoms with van der Waals surface area (Å²) in [4.78, 5) is 26.8. The lowest BCUT2D eigenvalue weighted by Crippen LogP contribution is -2.52. The standard InChI is InChI=1S/C21H24ClN3O3.ClH/c1-2-10-24-21(27)19-14-25(17-8-3-4-9-18(17)28-19)20(26)13-23-12-15-6-5-7-16(22)11-15;/h3-9,11,19,23H,2,10,12-14H2,1H3,(H,24,27);1H. The molecule has 1 aliphatic heterocycles. The van der Waals surface area contributed by atoms with Crippen LogP contribution in [0.1, 0.15) is 18.9 Å². The molecule has 2 N–H and O–H groups in total. The topological polar surface area (TPSA) is 70.7 Å². The van der Waals surface area contributed by atoms with Crippen LogP contribution >= 0.6 is 24.0 Å². The molecule has 1 heterocycles. The van der Waals surface area contributed by atoms with E-state index in [1.807, 2.05) is 49.4 Å². The van der Waals surface area contributed by atoms with Crippen LogP contribution in [0, 0.1) is 0 Å². The molecule has 0 radical (unpaired) electrons. The van der Waals surface area contributed by atoms with Gasteiger partial charge in [-0.05, 0) is 36.2 Å². The van der Waals surface area contributed by atoms with Gasteiger partial charge in [-0.15, -0.1) is 12.4 Å². The molecule has 1 aliphatic rings. The van der Waals surface area contributed by atoms with E-state index in [1.165, 1.54) is 0 Å². The highest BCUT2D eigenvalue weighted by Crippen LogP contribution is 2.33. The van der Waals surface area contributed by atoms with E-state index in [-0.39, 0.29) is 37.3 Å². The summed E-state index contributed by atoms with van der Waals surface area (Å²) in [5.41, 5.74) is 1.68. The van der Waals surface area contributed by atoms with Crippen molar-refractivity contribution in [1.82, 2.24) is 10.6 Å². The molecule has 1 atom stereocenters. The van der Waals surface area contributed by atoms with Crippen molar-refractivity contribution in [3.05, 3.63) is 59.1 Å². The fraction of sp³-hybridized carbons (Fsp3) is 0.333. The first kappa shape index (κ1) is 23.0. The second-order valence-corrected chi connectivity index (χ2v) is 7.04. The number of para-hydroxylation sites is 2. The fourth-order valence-electron chi connectivity index (χ4n) is 3.03. The van der Waals surface area contributed by atoms with Gasteiger partial charge >= 0.3 is 0 Å². The molecule has 0 bridgehead atoms. The molecule has 3 rings (SSSR count). The number of nitrogens with one attached hydrogen (secondary N) is 2. The lowest BCUT2D eigenvalue weighted by Gasteiger charge is -2.34. The largest absolute Gasteiger partial charge is 0.477 e. The van der Waals surface area contributed by atoms with Gasteiger partial charge in [0.2, 0.25) is 5.91 Å². The molecular weight excluding hydrogens is 413 g/mol. The van der Waals surface area contributed by atoms with Crippen molar-refractivity contribution in [2.75, 3.05) is 24.5 Å². The molecule has 29 heavy (non-hydrogen) atoms. The van der Waals surface area contributed by atoms with Gasteiger partial charge in [0.15, 0.2) is 6.10 Å². The highest BCUT2D eigenvalue weighted by atomic mass is 35.5. The number of hydrogen-bond donors (Lipinski definition) is 2. The van der Waals surface area contributed by atoms with Crippen LogP contribution < -0.4 is 20.3 Å². The maximum Gasteiger partial charge on any atom is 0.262 e. The summed E-state index contributed by atoms with van der Waals surface area (Å²) >= 11 is 5.99. The molecule has 0 spiro atoms. The van der Waals surface area contributed by atoms with Crippen LogP contribution in [0.4, 0.5) is 5.69 Å². The van der Waals surface area contributed by atoms with Gasteiger partial charge in [0.25, 0.3) is 5.91 Å². The van der Waals surface area contributed by atoms with Crippen molar-refractivity contribution in [2.45, 2.75) is 26.0 Å². The van der Waals surface area contributed by atoms with Crippen molar-refractivity contribution in [2.24, 2.45) is 0 Å². The van der Waals surface area contributed by atoms with Crippen LogP contribution in [-0.4, -0.2) is 37.6 Å². The first-order chi connectivity index (χ1) is 13.6. The van der Waals surface area contributed by atoms with Gasteiger partial charge in [0.05, 0.1) is 18.8 Å². The van der Waals surface area contributed by atoms with E-state index in [9.17, 15) is 9.59 Å². The predicted molar refractivity (Wildman–Crippen MR) is 117 cm³/mol. The average molecular weight is 438 g/mol. The summed E-state index contributed by atoms with van der Waals surface area (Å²) < 4.78 is 5.82. The Balaban J connectivity index is 0.00000300. The number of carbonyl (C=O) groups is 2. The average Bonchev–Trinajstić information content (AvgIpc) is 2.71. The summed E-state index contributed by atoms with van der Waals surface area (Å²) in [6, 6.07) is 14.8. The molecule has 0 aromatic heterocycles. The van der Waals surface area contributed by atoms with Gasteiger partial charge in [-0.3, -0.25) is 9.59 Å². The number of benzene rings is 2. The van der Waals surface area contributed by atoms with Crippen molar-refractivity contribution < 1.29 is 14.3 Å². The molecule has 1 unspecified atom stereocenters. The maximum atomic E-state index is 12.9. The molecule has 0 saturated carbocycles. The number of anilines is 1. The minimum Gasteiger partial charge on any atom is -0.477 e. The van der Waals surface area contributed by atoms with E-state index in [0.717, 1.165) is 12.0 Å². The number of ether oxygens (including phenoxy) is 1. The van der Waals surface area contributed by atoms with Crippen molar-refractivity contribution >= 4 is 41.5 Å². The number of rotatable bonds is 7. The zero-order chi connectivity index (χ0) is 19.9. The van der Waals surface area contributed by atoms with Crippen LogP contribution in [0.15, 0.2) is 48.5 Å². The van der Waals surface area contributed by atoms with Gasteiger partial charge in [-0.25, -0.2) is 0 Å². The maximum absolute atomic E-state index is 12.9. The normalized spacial score (nSPS) is 15.0. The minimum absolute atomic E-state index is 0. The summed E-state index contributed by atoms with van der Waals surface area (Å²) in [5.74, 6) is 0.209. The summed E-state index contributed by atoms with van der Waals surface area (Å²) in [6.07, 6.45) is 0.115. The fourth-order valence-corrected chi connectivity index (χ4v) is 3.24. The molecular formula is C21H25Cl2N3O3. The van der Waals surface area contributed by atoms with E-state index in [0.29, 0.717) is 29.5 Å². The molecule has 2 amide bonds. The van der Waals surface area contributed by atoms with Gasteiger partial charge in [-0.2, -0.15) is 0 Å². The molecule has 2 aromatic rings. The van der Waals surface area contributed by atoms with Gasteiger partial charge in [0, 0.05) is 18.1 Å². The molecule has 6 nitrogen and oxygen atoms in total. The number of hydrogen-bond acceptors (Lipinski definition) is 4. The first-order valence-electron chi connectivity index (χ1n) is 9.37. The smallest absolute Gasteiger partial charge is 0.262 e. The number of fused-ring (bicyclic) bond motifs is 1. The molecule has 0 saturated heterocycles. The van der Waals surface area contributed by atoms with Crippen molar-refractivity contribution in [3.8, 4) is 5.75 Å². The van der Waals surface area contributed by atoms with E-state index in [2.05, 4.69) is 10.6 Å². The Bertz CT molecular complexity index is 847. The lowest BCUT2D eigenvalue weighted by atomic mass is 10.1. The second-order valence-electron chi connectivity index (χ2n) is 6.60. The van der Waals surface area contributed by atoms with E-state index < -0.39 is 6.10 Å². The zero-order valence-electron chi connectivity index (χ0n) is 16.2. The minimum atomic E-state index is -0.724. The number of nitrogens with zero attached hydrogens (tertiary/aromatic N) is 1. The number of carbonyl (C=O) groups excluding carboxylic acids is 2. The predicted octanol–water partition coefficient (Wildman–Crippen LogP) is 3.17. The van der Waals surface area contributed by atoms with Gasteiger partial charge < -0.3 is 20.3 Å². The molecule has 2 aromatic carbocycles. The first-order valence-corrected chi connectivity index (χ1v) is 9.75. The second kappa shape index (κ2) is 11.0. The van der Waals surface area contributed by atoms with Gasteiger partial charge in [-0.1, -0.05) is 42.8 Å².